The molecule has 0 radical (unpaired) electrons. The van der Waals surface area contributed by atoms with Gasteiger partial charge in [0.05, 0.1) is 11.2 Å². The van der Waals surface area contributed by atoms with Crippen molar-refractivity contribution >= 4 is 17.7 Å². The zero-order chi connectivity index (χ0) is 12.0. The van der Waals surface area contributed by atoms with E-state index in [-0.39, 0.29) is 11.2 Å². The average Bonchev–Trinajstić information content (AvgIpc) is 2.55. The summed E-state index contributed by atoms with van der Waals surface area (Å²) in [4.78, 5) is 4.11. The van der Waals surface area contributed by atoms with Crippen LogP contribution in [0.4, 0.5) is 5.95 Å². The zero-order valence-electron chi connectivity index (χ0n) is 10.1. The summed E-state index contributed by atoms with van der Waals surface area (Å²) in [5, 5.41) is 7.72. The predicted molar refractivity (Wildman–Crippen MR) is 64.3 cm³/mol. The van der Waals surface area contributed by atoms with Crippen LogP contribution in [0.5, 0.6) is 0 Å². The van der Waals surface area contributed by atoms with Gasteiger partial charge in [0.2, 0.25) is 11.1 Å². The molecular weight excluding hydrogens is 224 g/mol. The summed E-state index contributed by atoms with van der Waals surface area (Å²) in [6.07, 6.45) is 0.985. The van der Waals surface area contributed by atoms with Crippen molar-refractivity contribution in [3.05, 3.63) is 0 Å². The van der Waals surface area contributed by atoms with Gasteiger partial charge in [-0.3, -0.25) is 0 Å². The first-order valence-electron chi connectivity index (χ1n) is 5.33. The van der Waals surface area contributed by atoms with E-state index in [2.05, 4.69) is 42.9 Å². The number of hydrogen-bond acceptors (Lipinski definition) is 5. The summed E-state index contributed by atoms with van der Waals surface area (Å²) in [7, 11) is 0. The van der Waals surface area contributed by atoms with Gasteiger partial charge in [-0.15, -0.1) is 5.10 Å². The lowest BCUT2D eigenvalue weighted by atomic mass is 10.0. The molecule has 3 N–H and O–H groups in total. The number of anilines is 1. The number of nitrogens with one attached hydrogen (secondary N) is 1. The summed E-state index contributed by atoms with van der Waals surface area (Å²) in [5.41, 5.74) is 5.26. The Labute approximate surface area is 99.5 Å². The fraction of sp³-hybridized carbons (Fsp3) is 0.800. The van der Waals surface area contributed by atoms with Crippen LogP contribution in [0.3, 0.4) is 0 Å². The second-order valence-corrected chi connectivity index (χ2v) is 6.45. The monoisotopic (exact) mass is 242 g/mol. The SMILES string of the molecule is CC1(C)CC(Sc2n[nH]c(N)n2)C(C)(C)O1. The summed E-state index contributed by atoms with van der Waals surface area (Å²) in [6, 6.07) is 0. The number of hydrogen-bond donors (Lipinski definition) is 2. The highest BCUT2D eigenvalue weighted by atomic mass is 32.2. The molecule has 1 fully saturated rings. The van der Waals surface area contributed by atoms with Crippen LogP contribution in [0.1, 0.15) is 34.1 Å². The van der Waals surface area contributed by atoms with Gasteiger partial charge in [-0.1, -0.05) is 11.8 Å². The van der Waals surface area contributed by atoms with E-state index < -0.39 is 0 Å². The highest BCUT2D eigenvalue weighted by Gasteiger charge is 2.46. The fourth-order valence-corrected chi connectivity index (χ4v) is 3.45. The van der Waals surface area contributed by atoms with Crippen LogP contribution in [0.15, 0.2) is 5.16 Å². The van der Waals surface area contributed by atoms with Crippen molar-refractivity contribution in [1.82, 2.24) is 15.2 Å². The largest absolute Gasteiger partial charge is 0.368 e. The number of nitrogens with zero attached hydrogens (tertiary/aromatic N) is 2. The van der Waals surface area contributed by atoms with E-state index in [4.69, 9.17) is 10.5 Å². The van der Waals surface area contributed by atoms with Gasteiger partial charge >= 0.3 is 0 Å². The Kier molecular flexibility index (Phi) is 2.66. The first kappa shape index (κ1) is 11.7. The van der Waals surface area contributed by atoms with Crippen molar-refractivity contribution in [3.63, 3.8) is 0 Å². The van der Waals surface area contributed by atoms with Gasteiger partial charge < -0.3 is 10.5 Å². The van der Waals surface area contributed by atoms with Gasteiger partial charge in [0.15, 0.2) is 0 Å². The minimum absolute atomic E-state index is 0.0803. The standard InChI is InChI=1S/C10H18N4OS/c1-9(2)5-6(10(3,4)15-9)16-8-12-7(11)13-14-8/h6H,5H2,1-4H3,(H3,11,12,13,14). The number of thioether (sulfide) groups is 1. The number of rotatable bonds is 2. The van der Waals surface area contributed by atoms with Crippen LogP contribution in [-0.4, -0.2) is 31.6 Å². The summed E-state index contributed by atoms with van der Waals surface area (Å²) in [6.45, 7) is 8.44. The molecule has 0 aliphatic carbocycles. The third-order valence-corrected chi connectivity index (χ3v) is 4.13. The van der Waals surface area contributed by atoms with Crippen molar-refractivity contribution in [3.8, 4) is 0 Å². The summed E-state index contributed by atoms with van der Waals surface area (Å²) >= 11 is 1.62. The zero-order valence-corrected chi connectivity index (χ0v) is 10.9. The predicted octanol–water partition coefficient (Wildman–Crippen LogP) is 1.83. The van der Waals surface area contributed by atoms with Gasteiger partial charge in [-0.25, -0.2) is 5.10 Å². The Bertz CT molecular complexity index is 388. The summed E-state index contributed by atoms with van der Waals surface area (Å²) < 4.78 is 6.01. The molecular formula is C10H18N4OS. The van der Waals surface area contributed by atoms with Crippen molar-refractivity contribution in [2.45, 2.75) is 55.7 Å². The molecule has 0 spiro atoms. The highest BCUT2D eigenvalue weighted by molar-refractivity contribution is 7.99. The molecule has 1 aromatic rings. The number of nitrogen functional groups attached to an aromatic ring is 1. The highest BCUT2D eigenvalue weighted by Crippen LogP contribution is 2.45. The number of nitrogens with two attached hydrogens (primary N) is 1. The lowest BCUT2D eigenvalue weighted by Crippen LogP contribution is -2.31. The molecule has 0 amide bonds. The van der Waals surface area contributed by atoms with Gasteiger partial charge in [-0.05, 0) is 34.1 Å². The molecule has 2 rings (SSSR count). The topological polar surface area (TPSA) is 76.8 Å². The van der Waals surface area contributed by atoms with Gasteiger partial charge in [0.1, 0.15) is 0 Å². The summed E-state index contributed by atoms with van der Waals surface area (Å²) in [5.74, 6) is 0.360. The molecule has 90 valence electrons. The first-order valence-corrected chi connectivity index (χ1v) is 6.21. The maximum Gasteiger partial charge on any atom is 0.216 e. The van der Waals surface area contributed by atoms with E-state index in [1.807, 2.05) is 0 Å². The van der Waals surface area contributed by atoms with Gasteiger partial charge in [0, 0.05) is 5.25 Å². The maximum absolute atomic E-state index is 6.01. The molecule has 16 heavy (non-hydrogen) atoms. The van der Waals surface area contributed by atoms with Crippen molar-refractivity contribution in [1.29, 1.82) is 0 Å². The molecule has 0 aromatic carbocycles. The number of ether oxygens (including phenoxy) is 1. The smallest absolute Gasteiger partial charge is 0.216 e. The molecule has 5 nitrogen and oxygen atoms in total. The van der Waals surface area contributed by atoms with Gasteiger partial charge in [-0.2, -0.15) is 4.98 Å². The molecule has 1 aliphatic rings. The Hall–Kier alpha value is -0.750. The van der Waals surface area contributed by atoms with Crippen LogP contribution >= 0.6 is 11.8 Å². The van der Waals surface area contributed by atoms with E-state index in [0.717, 1.165) is 6.42 Å². The lowest BCUT2D eigenvalue weighted by molar-refractivity contribution is -0.0631. The molecule has 6 heteroatoms. The first-order chi connectivity index (χ1) is 7.28. The Morgan fingerprint density at radius 2 is 2.12 bits per heavy atom. The second-order valence-electron chi connectivity index (χ2n) is 5.28. The molecule has 1 saturated heterocycles. The van der Waals surface area contributed by atoms with Crippen LogP contribution in [0.2, 0.25) is 0 Å². The third kappa shape index (κ3) is 2.32. The van der Waals surface area contributed by atoms with Crippen LogP contribution in [-0.2, 0) is 4.74 Å². The minimum Gasteiger partial charge on any atom is -0.368 e. The van der Waals surface area contributed by atoms with E-state index in [1.54, 1.807) is 11.8 Å². The quantitative estimate of drug-likeness (QED) is 0.827. The van der Waals surface area contributed by atoms with E-state index in [0.29, 0.717) is 16.4 Å². The molecule has 1 aliphatic heterocycles. The Balaban J connectivity index is 2.10. The van der Waals surface area contributed by atoms with Crippen LogP contribution in [0.25, 0.3) is 0 Å². The lowest BCUT2D eigenvalue weighted by Gasteiger charge is -2.26. The molecule has 0 bridgehead atoms. The van der Waals surface area contributed by atoms with Crippen molar-refractivity contribution in [2.24, 2.45) is 0 Å². The van der Waals surface area contributed by atoms with E-state index >= 15 is 0 Å². The fourth-order valence-electron chi connectivity index (χ4n) is 2.13. The Morgan fingerprint density at radius 1 is 1.44 bits per heavy atom. The Morgan fingerprint density at radius 3 is 2.56 bits per heavy atom. The number of aromatic amines is 1. The van der Waals surface area contributed by atoms with Gasteiger partial charge in [0.25, 0.3) is 0 Å². The molecule has 1 aromatic heterocycles. The average molecular weight is 242 g/mol. The van der Waals surface area contributed by atoms with Crippen molar-refractivity contribution in [2.75, 3.05) is 5.73 Å². The van der Waals surface area contributed by atoms with E-state index in [1.165, 1.54) is 0 Å². The third-order valence-electron chi connectivity index (χ3n) is 2.72. The normalized spacial score (nSPS) is 27.1. The molecule has 2 heterocycles. The molecule has 0 saturated carbocycles. The molecule has 1 unspecified atom stereocenters. The maximum atomic E-state index is 6.01. The van der Waals surface area contributed by atoms with Crippen LogP contribution in [0, 0.1) is 0 Å². The van der Waals surface area contributed by atoms with Crippen molar-refractivity contribution < 1.29 is 4.74 Å². The number of aromatic nitrogens is 3. The second kappa shape index (κ2) is 3.63. The van der Waals surface area contributed by atoms with Crippen LogP contribution < -0.4 is 5.73 Å². The van der Waals surface area contributed by atoms with E-state index in [9.17, 15) is 0 Å². The minimum atomic E-state index is -0.163. The molecule has 1 atom stereocenters. The number of H-pyrrole nitrogens is 1.